The van der Waals surface area contributed by atoms with Crippen molar-refractivity contribution in [1.82, 2.24) is 5.32 Å². The van der Waals surface area contributed by atoms with E-state index in [-0.39, 0.29) is 11.7 Å². The molecule has 0 aromatic heterocycles. The van der Waals surface area contributed by atoms with E-state index in [0.29, 0.717) is 19.4 Å². The summed E-state index contributed by atoms with van der Waals surface area (Å²) in [5.74, 6) is -0.0440. The lowest BCUT2D eigenvalue weighted by atomic mass is 10.1. The molecule has 0 heterocycles. The molecule has 0 aliphatic carbocycles. The predicted molar refractivity (Wildman–Crippen MR) is 69.1 cm³/mol. The van der Waals surface area contributed by atoms with Crippen molar-refractivity contribution in [2.24, 2.45) is 5.73 Å². The normalized spacial score (nSPS) is 13.9. The van der Waals surface area contributed by atoms with Crippen molar-refractivity contribution >= 4 is 5.91 Å². The SMILES string of the molecule is CC(O)CCNC(=O)[C@@H](N)Cc1ccc(O)cc1. The number of aliphatic hydroxyl groups excluding tert-OH is 1. The quantitative estimate of drug-likeness (QED) is 0.579. The number of rotatable bonds is 6. The molecular formula is C13H20N2O3. The minimum absolute atomic E-state index is 0.189. The van der Waals surface area contributed by atoms with E-state index in [4.69, 9.17) is 15.9 Å². The average Bonchev–Trinajstić information content (AvgIpc) is 2.31. The van der Waals surface area contributed by atoms with Gasteiger partial charge in [-0.1, -0.05) is 12.1 Å². The summed E-state index contributed by atoms with van der Waals surface area (Å²) in [6, 6.07) is 5.97. The molecule has 0 saturated heterocycles. The number of amides is 1. The zero-order valence-electron chi connectivity index (χ0n) is 10.5. The first-order chi connectivity index (χ1) is 8.49. The first kappa shape index (κ1) is 14.5. The number of hydrogen-bond donors (Lipinski definition) is 4. The van der Waals surface area contributed by atoms with E-state index in [1.54, 1.807) is 31.2 Å². The Balaban J connectivity index is 2.37. The molecular weight excluding hydrogens is 232 g/mol. The monoisotopic (exact) mass is 252 g/mol. The van der Waals surface area contributed by atoms with E-state index < -0.39 is 12.1 Å². The zero-order chi connectivity index (χ0) is 13.5. The van der Waals surface area contributed by atoms with Crippen molar-refractivity contribution < 1.29 is 15.0 Å². The number of aromatic hydroxyl groups is 1. The number of benzene rings is 1. The molecule has 0 aliphatic heterocycles. The van der Waals surface area contributed by atoms with Crippen LogP contribution in [0.2, 0.25) is 0 Å². The Morgan fingerprint density at radius 3 is 2.56 bits per heavy atom. The van der Waals surface area contributed by atoms with Crippen LogP contribution in [0.5, 0.6) is 5.75 Å². The van der Waals surface area contributed by atoms with Gasteiger partial charge in [0.1, 0.15) is 5.75 Å². The molecule has 1 aromatic carbocycles. The fourth-order valence-corrected chi connectivity index (χ4v) is 1.51. The minimum Gasteiger partial charge on any atom is -0.508 e. The van der Waals surface area contributed by atoms with Gasteiger partial charge >= 0.3 is 0 Å². The number of phenolic OH excluding ortho intramolecular Hbond substituents is 1. The number of carbonyl (C=O) groups excluding carboxylic acids is 1. The van der Waals surface area contributed by atoms with Crippen molar-refractivity contribution in [1.29, 1.82) is 0 Å². The van der Waals surface area contributed by atoms with Crippen molar-refractivity contribution in [3.05, 3.63) is 29.8 Å². The van der Waals surface area contributed by atoms with Crippen molar-refractivity contribution in [2.45, 2.75) is 31.9 Å². The third-order valence-corrected chi connectivity index (χ3v) is 2.59. The maximum atomic E-state index is 11.6. The Hall–Kier alpha value is -1.59. The van der Waals surface area contributed by atoms with Gasteiger partial charge in [0.05, 0.1) is 12.1 Å². The fourth-order valence-electron chi connectivity index (χ4n) is 1.51. The first-order valence-corrected chi connectivity index (χ1v) is 5.98. The van der Waals surface area contributed by atoms with Crippen LogP contribution in [0.4, 0.5) is 0 Å². The fraction of sp³-hybridized carbons (Fsp3) is 0.462. The summed E-state index contributed by atoms with van der Waals surface area (Å²) >= 11 is 0. The maximum absolute atomic E-state index is 11.6. The summed E-state index contributed by atoms with van der Waals surface area (Å²) in [5.41, 5.74) is 6.66. The molecule has 1 amide bonds. The van der Waals surface area contributed by atoms with Crippen molar-refractivity contribution in [3.8, 4) is 5.75 Å². The third kappa shape index (κ3) is 5.16. The molecule has 0 bridgehead atoms. The molecule has 0 radical (unpaired) electrons. The molecule has 0 spiro atoms. The Morgan fingerprint density at radius 1 is 1.39 bits per heavy atom. The highest BCUT2D eigenvalue weighted by molar-refractivity contribution is 5.81. The number of carbonyl (C=O) groups is 1. The van der Waals surface area contributed by atoms with Gasteiger partial charge in [-0.15, -0.1) is 0 Å². The molecule has 1 rings (SSSR count). The standard InChI is InChI=1S/C13H20N2O3/c1-9(16)6-7-15-13(18)12(14)8-10-2-4-11(17)5-3-10/h2-5,9,12,16-17H,6-8,14H2,1H3,(H,15,18)/t9?,12-/m0/s1. The molecule has 5 heteroatoms. The number of phenols is 1. The van der Waals surface area contributed by atoms with Gasteiger partial charge in [0.25, 0.3) is 0 Å². The molecule has 5 N–H and O–H groups in total. The Kier molecular flexibility index (Phi) is 5.61. The van der Waals surface area contributed by atoms with Crippen LogP contribution in [0, 0.1) is 0 Å². The van der Waals surface area contributed by atoms with Crippen LogP contribution < -0.4 is 11.1 Å². The van der Waals surface area contributed by atoms with Gasteiger partial charge in [0, 0.05) is 6.54 Å². The van der Waals surface area contributed by atoms with Gasteiger partial charge in [0.15, 0.2) is 0 Å². The number of hydrogen-bond acceptors (Lipinski definition) is 4. The van der Waals surface area contributed by atoms with Gasteiger partial charge in [0.2, 0.25) is 5.91 Å². The van der Waals surface area contributed by atoms with E-state index in [2.05, 4.69) is 5.32 Å². The smallest absolute Gasteiger partial charge is 0.237 e. The second-order valence-electron chi connectivity index (χ2n) is 4.41. The van der Waals surface area contributed by atoms with Gasteiger partial charge in [-0.25, -0.2) is 0 Å². The summed E-state index contributed by atoms with van der Waals surface area (Å²) in [6.45, 7) is 2.09. The lowest BCUT2D eigenvalue weighted by molar-refractivity contribution is -0.122. The lowest BCUT2D eigenvalue weighted by Gasteiger charge is -2.13. The average molecular weight is 252 g/mol. The molecule has 18 heavy (non-hydrogen) atoms. The molecule has 5 nitrogen and oxygen atoms in total. The summed E-state index contributed by atoms with van der Waals surface area (Å²) in [6.07, 6.45) is 0.497. The zero-order valence-corrected chi connectivity index (χ0v) is 10.5. The van der Waals surface area contributed by atoms with Crippen LogP contribution in [-0.4, -0.2) is 34.8 Å². The summed E-state index contributed by atoms with van der Waals surface area (Å²) in [4.78, 5) is 11.6. The molecule has 0 saturated carbocycles. The lowest BCUT2D eigenvalue weighted by Crippen LogP contribution is -2.42. The highest BCUT2D eigenvalue weighted by atomic mass is 16.3. The maximum Gasteiger partial charge on any atom is 0.237 e. The molecule has 1 unspecified atom stereocenters. The van der Waals surface area contributed by atoms with E-state index in [9.17, 15) is 4.79 Å². The number of aliphatic hydroxyl groups is 1. The Bertz CT molecular complexity index is 376. The molecule has 1 aromatic rings. The number of nitrogens with two attached hydrogens (primary N) is 1. The minimum atomic E-state index is -0.622. The molecule has 0 aliphatic rings. The van der Waals surface area contributed by atoms with Gasteiger partial charge in [-0.2, -0.15) is 0 Å². The van der Waals surface area contributed by atoms with Gasteiger partial charge in [-0.3, -0.25) is 4.79 Å². The van der Waals surface area contributed by atoms with E-state index in [1.165, 1.54) is 0 Å². The van der Waals surface area contributed by atoms with Crippen LogP contribution in [0.3, 0.4) is 0 Å². The second kappa shape index (κ2) is 6.98. The predicted octanol–water partition coefficient (Wildman–Crippen LogP) is 0.149. The summed E-state index contributed by atoms with van der Waals surface area (Å²) in [5, 5.41) is 20.9. The van der Waals surface area contributed by atoms with Crippen LogP contribution >= 0.6 is 0 Å². The highest BCUT2D eigenvalue weighted by Crippen LogP contribution is 2.10. The molecule has 100 valence electrons. The van der Waals surface area contributed by atoms with E-state index >= 15 is 0 Å². The third-order valence-electron chi connectivity index (χ3n) is 2.59. The molecule has 0 fully saturated rings. The molecule has 2 atom stereocenters. The second-order valence-corrected chi connectivity index (χ2v) is 4.41. The van der Waals surface area contributed by atoms with Crippen LogP contribution in [0.15, 0.2) is 24.3 Å². The largest absolute Gasteiger partial charge is 0.508 e. The Labute approximate surface area is 107 Å². The van der Waals surface area contributed by atoms with Crippen LogP contribution in [-0.2, 0) is 11.2 Å². The van der Waals surface area contributed by atoms with Crippen molar-refractivity contribution in [3.63, 3.8) is 0 Å². The first-order valence-electron chi connectivity index (χ1n) is 5.98. The number of nitrogens with one attached hydrogen (secondary N) is 1. The van der Waals surface area contributed by atoms with Gasteiger partial charge < -0.3 is 21.3 Å². The topological polar surface area (TPSA) is 95.6 Å². The van der Waals surface area contributed by atoms with Crippen molar-refractivity contribution in [2.75, 3.05) is 6.54 Å². The van der Waals surface area contributed by atoms with Gasteiger partial charge in [-0.05, 0) is 37.5 Å². The summed E-state index contributed by atoms with van der Waals surface area (Å²) < 4.78 is 0. The van der Waals surface area contributed by atoms with E-state index in [0.717, 1.165) is 5.56 Å². The summed E-state index contributed by atoms with van der Waals surface area (Å²) in [7, 11) is 0. The highest BCUT2D eigenvalue weighted by Gasteiger charge is 2.13. The van der Waals surface area contributed by atoms with Crippen LogP contribution in [0.25, 0.3) is 0 Å². The van der Waals surface area contributed by atoms with Crippen LogP contribution in [0.1, 0.15) is 18.9 Å². The van der Waals surface area contributed by atoms with E-state index in [1.807, 2.05) is 0 Å². The Morgan fingerprint density at radius 2 is 2.00 bits per heavy atom.